The molecule has 1 aromatic rings. The highest BCUT2D eigenvalue weighted by atomic mass is 16.2. The summed E-state index contributed by atoms with van der Waals surface area (Å²) in [5, 5.41) is 5.90. The minimum atomic E-state index is -0.324. The van der Waals surface area contributed by atoms with Crippen LogP contribution in [0.15, 0.2) is 24.3 Å². The van der Waals surface area contributed by atoms with Crippen LogP contribution in [0.1, 0.15) is 56.3 Å². The summed E-state index contributed by atoms with van der Waals surface area (Å²) in [6.45, 7) is 4.37. The Kier molecular flexibility index (Phi) is 5.59. The second-order valence-corrected chi connectivity index (χ2v) is 7.56. The summed E-state index contributed by atoms with van der Waals surface area (Å²) in [7, 11) is 0. The van der Waals surface area contributed by atoms with E-state index in [-0.39, 0.29) is 42.1 Å². The van der Waals surface area contributed by atoms with Crippen molar-refractivity contribution in [2.24, 2.45) is 5.92 Å². The Bertz CT molecular complexity index is 678. The second-order valence-electron chi connectivity index (χ2n) is 7.56. The van der Waals surface area contributed by atoms with Gasteiger partial charge in [0.05, 0.1) is 5.92 Å². The molecule has 0 aromatic heterocycles. The van der Waals surface area contributed by atoms with Gasteiger partial charge in [0.25, 0.3) is 5.91 Å². The molecule has 1 aromatic carbocycles. The van der Waals surface area contributed by atoms with E-state index in [9.17, 15) is 14.4 Å². The molecule has 1 aliphatic carbocycles. The number of nitrogens with one attached hydrogen (secondary N) is 2. The van der Waals surface area contributed by atoms with Gasteiger partial charge in [-0.3, -0.25) is 14.4 Å². The third-order valence-electron chi connectivity index (χ3n) is 5.26. The molecule has 26 heavy (non-hydrogen) atoms. The van der Waals surface area contributed by atoms with Crippen molar-refractivity contribution in [2.45, 2.75) is 58.0 Å². The highest BCUT2D eigenvalue weighted by molar-refractivity contribution is 5.98. The van der Waals surface area contributed by atoms with Gasteiger partial charge in [-0.15, -0.1) is 0 Å². The number of rotatable bonds is 5. The van der Waals surface area contributed by atoms with Crippen molar-refractivity contribution in [1.29, 1.82) is 0 Å². The van der Waals surface area contributed by atoms with Crippen molar-refractivity contribution in [3.05, 3.63) is 29.8 Å². The fraction of sp³-hybridized carbons (Fsp3) is 0.550. The summed E-state index contributed by atoms with van der Waals surface area (Å²) in [6.07, 6.45) is 4.70. The summed E-state index contributed by atoms with van der Waals surface area (Å²) in [5.41, 5.74) is 1.24. The van der Waals surface area contributed by atoms with E-state index in [4.69, 9.17) is 0 Å². The molecule has 3 rings (SSSR count). The van der Waals surface area contributed by atoms with Gasteiger partial charge in [0.1, 0.15) is 0 Å². The van der Waals surface area contributed by atoms with E-state index in [1.165, 1.54) is 12.8 Å². The van der Waals surface area contributed by atoms with Gasteiger partial charge in [-0.05, 0) is 51.0 Å². The Labute approximate surface area is 154 Å². The highest BCUT2D eigenvalue weighted by Crippen LogP contribution is 2.22. The molecular formula is C20H27N3O3. The van der Waals surface area contributed by atoms with Gasteiger partial charge in [0.2, 0.25) is 11.8 Å². The van der Waals surface area contributed by atoms with Gasteiger partial charge in [-0.1, -0.05) is 12.8 Å². The lowest BCUT2D eigenvalue weighted by atomic mass is 10.1. The third-order valence-corrected chi connectivity index (χ3v) is 5.26. The molecule has 0 spiro atoms. The minimum absolute atomic E-state index is 0.0269. The first-order valence-electron chi connectivity index (χ1n) is 9.45. The van der Waals surface area contributed by atoms with E-state index in [2.05, 4.69) is 10.6 Å². The molecule has 3 amide bonds. The zero-order valence-corrected chi connectivity index (χ0v) is 15.5. The van der Waals surface area contributed by atoms with Crippen LogP contribution in [0.25, 0.3) is 0 Å². The van der Waals surface area contributed by atoms with E-state index >= 15 is 0 Å². The van der Waals surface area contributed by atoms with Gasteiger partial charge >= 0.3 is 0 Å². The first-order chi connectivity index (χ1) is 12.4. The van der Waals surface area contributed by atoms with Crippen molar-refractivity contribution in [2.75, 3.05) is 11.9 Å². The molecule has 1 saturated heterocycles. The van der Waals surface area contributed by atoms with Crippen LogP contribution in [0.5, 0.6) is 0 Å². The van der Waals surface area contributed by atoms with Crippen LogP contribution in [-0.2, 0) is 9.59 Å². The Morgan fingerprint density at radius 1 is 1.12 bits per heavy atom. The Balaban J connectivity index is 1.54. The SMILES string of the molecule is CC(C)N1CC(C(=O)Nc2ccc(C(=O)NC3CCCC3)cc2)CC1=O. The quantitative estimate of drug-likeness (QED) is 0.850. The molecule has 6 nitrogen and oxygen atoms in total. The van der Waals surface area contributed by atoms with E-state index in [1.807, 2.05) is 13.8 Å². The van der Waals surface area contributed by atoms with Gasteiger partial charge in [-0.2, -0.15) is 0 Å². The van der Waals surface area contributed by atoms with E-state index in [1.54, 1.807) is 29.2 Å². The van der Waals surface area contributed by atoms with E-state index in [0.717, 1.165) is 12.8 Å². The number of carbonyl (C=O) groups is 3. The van der Waals surface area contributed by atoms with Crippen molar-refractivity contribution in [1.82, 2.24) is 10.2 Å². The molecule has 2 fully saturated rings. The number of hydrogen-bond donors (Lipinski definition) is 2. The molecule has 2 N–H and O–H groups in total. The normalized spacial score (nSPS) is 20.7. The van der Waals surface area contributed by atoms with Crippen molar-refractivity contribution >= 4 is 23.4 Å². The number of nitrogens with zero attached hydrogens (tertiary/aromatic N) is 1. The van der Waals surface area contributed by atoms with Crippen LogP contribution in [-0.4, -0.2) is 41.2 Å². The average molecular weight is 357 g/mol. The molecule has 1 atom stereocenters. The van der Waals surface area contributed by atoms with Crippen LogP contribution < -0.4 is 10.6 Å². The molecule has 140 valence electrons. The number of benzene rings is 1. The summed E-state index contributed by atoms with van der Waals surface area (Å²) in [5.74, 6) is -0.511. The summed E-state index contributed by atoms with van der Waals surface area (Å²) < 4.78 is 0. The van der Waals surface area contributed by atoms with Crippen LogP contribution >= 0.6 is 0 Å². The second kappa shape index (κ2) is 7.89. The third kappa shape index (κ3) is 4.23. The molecule has 2 aliphatic rings. The number of amides is 3. The number of hydrogen-bond acceptors (Lipinski definition) is 3. The highest BCUT2D eigenvalue weighted by Gasteiger charge is 2.35. The summed E-state index contributed by atoms with van der Waals surface area (Å²) in [4.78, 5) is 38.3. The summed E-state index contributed by atoms with van der Waals surface area (Å²) >= 11 is 0. The Morgan fingerprint density at radius 3 is 2.35 bits per heavy atom. The Hall–Kier alpha value is -2.37. The maximum absolute atomic E-state index is 12.4. The summed E-state index contributed by atoms with van der Waals surface area (Å²) in [6, 6.07) is 7.31. The van der Waals surface area contributed by atoms with Gasteiger partial charge < -0.3 is 15.5 Å². The molecule has 1 unspecified atom stereocenters. The fourth-order valence-corrected chi connectivity index (χ4v) is 3.69. The number of anilines is 1. The van der Waals surface area contributed by atoms with Crippen molar-refractivity contribution < 1.29 is 14.4 Å². The lowest BCUT2D eigenvalue weighted by molar-refractivity contribution is -0.129. The molecule has 0 radical (unpaired) electrons. The molecule has 1 saturated carbocycles. The van der Waals surface area contributed by atoms with Gasteiger partial charge in [0.15, 0.2) is 0 Å². The van der Waals surface area contributed by atoms with Crippen LogP contribution in [0.3, 0.4) is 0 Å². The minimum Gasteiger partial charge on any atom is -0.349 e. The first kappa shape index (κ1) is 18.4. The van der Waals surface area contributed by atoms with Gasteiger partial charge in [-0.25, -0.2) is 0 Å². The fourth-order valence-electron chi connectivity index (χ4n) is 3.69. The topological polar surface area (TPSA) is 78.5 Å². The Morgan fingerprint density at radius 2 is 1.77 bits per heavy atom. The molecule has 6 heteroatoms. The largest absolute Gasteiger partial charge is 0.349 e. The van der Waals surface area contributed by atoms with E-state index < -0.39 is 0 Å². The van der Waals surface area contributed by atoms with Crippen molar-refractivity contribution in [3.63, 3.8) is 0 Å². The van der Waals surface area contributed by atoms with E-state index in [0.29, 0.717) is 17.8 Å². The average Bonchev–Trinajstić information content (AvgIpc) is 3.25. The zero-order valence-electron chi connectivity index (χ0n) is 15.5. The van der Waals surface area contributed by atoms with Crippen molar-refractivity contribution in [3.8, 4) is 0 Å². The standard InChI is InChI=1S/C20H27N3O3/c1-13(2)23-12-15(11-18(23)24)20(26)22-17-9-7-14(8-10-17)19(25)21-16-5-3-4-6-16/h7-10,13,15-16H,3-6,11-12H2,1-2H3,(H,21,25)(H,22,26). The molecule has 1 heterocycles. The number of carbonyl (C=O) groups excluding carboxylic acids is 3. The van der Waals surface area contributed by atoms with Crippen LogP contribution in [0.4, 0.5) is 5.69 Å². The first-order valence-corrected chi connectivity index (χ1v) is 9.45. The molecule has 1 aliphatic heterocycles. The smallest absolute Gasteiger partial charge is 0.251 e. The lowest BCUT2D eigenvalue weighted by Gasteiger charge is -2.20. The monoisotopic (exact) mass is 357 g/mol. The predicted molar refractivity (Wildman–Crippen MR) is 99.7 cm³/mol. The zero-order chi connectivity index (χ0) is 18.7. The lowest BCUT2D eigenvalue weighted by Crippen LogP contribution is -2.33. The maximum Gasteiger partial charge on any atom is 0.251 e. The maximum atomic E-state index is 12.4. The van der Waals surface area contributed by atoms with Gasteiger partial charge in [0, 0.05) is 36.3 Å². The number of likely N-dealkylation sites (tertiary alicyclic amines) is 1. The predicted octanol–water partition coefficient (Wildman–Crippen LogP) is 2.55. The molecular weight excluding hydrogens is 330 g/mol. The van der Waals surface area contributed by atoms with Crippen LogP contribution in [0, 0.1) is 5.92 Å². The molecule has 0 bridgehead atoms. The van der Waals surface area contributed by atoms with Crippen LogP contribution in [0.2, 0.25) is 0 Å².